The van der Waals surface area contributed by atoms with Gasteiger partial charge in [0.2, 0.25) is 0 Å². The average molecular weight is 527 g/mol. The fourth-order valence-corrected chi connectivity index (χ4v) is 9.32. The van der Waals surface area contributed by atoms with E-state index in [0.29, 0.717) is 11.8 Å². The van der Waals surface area contributed by atoms with E-state index in [0.717, 1.165) is 58.0 Å². The molecule has 2 unspecified atom stereocenters. The maximum Gasteiger partial charge on any atom is 0.148 e. The highest BCUT2D eigenvalue weighted by atomic mass is 16.3. The number of aliphatic hydroxyl groups excluding tert-OH is 1. The largest absolute Gasteiger partial charge is 0.384 e. The van der Waals surface area contributed by atoms with Crippen molar-refractivity contribution < 1.29 is 9.90 Å². The van der Waals surface area contributed by atoms with E-state index in [1.807, 2.05) is 0 Å². The fourth-order valence-electron chi connectivity index (χ4n) is 9.32. The molecule has 1 heterocycles. The monoisotopic (exact) mass is 526 g/mol. The molecule has 3 fully saturated rings. The topological polar surface area (TPSA) is 70.0 Å². The van der Waals surface area contributed by atoms with Crippen molar-refractivity contribution in [2.24, 2.45) is 27.8 Å². The van der Waals surface area contributed by atoms with Crippen molar-refractivity contribution in [3.63, 3.8) is 0 Å². The predicted octanol–water partition coefficient (Wildman–Crippen LogP) is 6.71. The molecule has 0 radical (unpaired) electrons. The zero-order valence-electron chi connectivity index (χ0n) is 23.5. The number of aliphatic hydroxyl groups is 1. The number of fused-ring (bicyclic) bond motifs is 4. The molecule has 1 aromatic rings. The van der Waals surface area contributed by atoms with Crippen molar-refractivity contribution in [3.05, 3.63) is 57.5 Å². The van der Waals surface area contributed by atoms with E-state index in [9.17, 15) is 14.8 Å². The van der Waals surface area contributed by atoms with Gasteiger partial charge in [0.1, 0.15) is 18.4 Å². The van der Waals surface area contributed by atoms with Crippen LogP contribution in [-0.2, 0) is 4.79 Å². The molecule has 1 aliphatic heterocycles. The zero-order valence-corrected chi connectivity index (χ0v) is 23.5. The number of carbonyl (C=O) groups excluding carboxylic acids is 1. The van der Waals surface area contributed by atoms with Gasteiger partial charge in [-0.05, 0) is 117 Å². The van der Waals surface area contributed by atoms with Crippen molar-refractivity contribution >= 4 is 11.5 Å². The van der Waals surface area contributed by atoms with Crippen molar-refractivity contribution in [2.45, 2.75) is 90.0 Å². The van der Waals surface area contributed by atoms with E-state index in [2.05, 4.69) is 59.2 Å². The molecule has 1 aromatic carbocycles. The van der Waals surface area contributed by atoms with Gasteiger partial charge in [-0.2, -0.15) is 4.91 Å². The lowest BCUT2D eigenvalue weighted by Crippen LogP contribution is -2.50. The molecule has 0 bridgehead atoms. The van der Waals surface area contributed by atoms with Crippen molar-refractivity contribution in [1.29, 1.82) is 0 Å². The van der Waals surface area contributed by atoms with Crippen LogP contribution in [0.3, 0.4) is 0 Å². The Morgan fingerprint density at radius 3 is 2.56 bits per heavy atom. The Morgan fingerprint density at radius 2 is 1.87 bits per heavy atom. The number of anilines is 1. The molecule has 5 aliphatic rings. The summed E-state index contributed by atoms with van der Waals surface area (Å²) in [6, 6.07) is 9.08. The Hall–Kier alpha value is -2.71. The third-order valence-electron chi connectivity index (χ3n) is 11.2. The van der Waals surface area contributed by atoms with Crippen LogP contribution >= 0.6 is 0 Å². The number of nitrogens with zero attached hydrogens (tertiary/aromatic N) is 2. The molecule has 6 atom stereocenters. The second-order valence-corrected chi connectivity index (χ2v) is 12.9. The van der Waals surface area contributed by atoms with Gasteiger partial charge in [-0.1, -0.05) is 47.7 Å². The quantitative estimate of drug-likeness (QED) is 0.350. The summed E-state index contributed by atoms with van der Waals surface area (Å²) < 4.78 is 0. The van der Waals surface area contributed by atoms with Gasteiger partial charge in [-0.3, -0.25) is 4.79 Å². The van der Waals surface area contributed by atoms with Crippen LogP contribution in [0.5, 0.6) is 0 Å². The van der Waals surface area contributed by atoms with Gasteiger partial charge in [0.15, 0.2) is 0 Å². The zero-order chi connectivity index (χ0) is 27.2. The second kappa shape index (κ2) is 10.4. The summed E-state index contributed by atoms with van der Waals surface area (Å²) in [6.45, 7) is 6.09. The normalized spacial score (nSPS) is 35.7. The molecule has 1 N–H and O–H groups in total. The number of ketones is 1. The second-order valence-electron chi connectivity index (χ2n) is 12.9. The lowest BCUT2D eigenvalue weighted by molar-refractivity contribution is -0.130. The van der Waals surface area contributed by atoms with Gasteiger partial charge in [-0.25, -0.2) is 0 Å². The molecule has 39 heavy (non-hydrogen) atoms. The number of allylic oxidation sites excluding steroid dienone is 3. The predicted molar refractivity (Wildman–Crippen MR) is 155 cm³/mol. The van der Waals surface area contributed by atoms with Gasteiger partial charge in [0.25, 0.3) is 0 Å². The molecule has 0 aromatic heterocycles. The Labute approximate surface area is 233 Å². The van der Waals surface area contributed by atoms with Crippen LogP contribution in [0.1, 0.15) is 89.5 Å². The minimum Gasteiger partial charge on any atom is -0.384 e. The molecule has 5 heteroatoms. The molecule has 6 rings (SSSR count). The molecule has 0 spiro atoms. The lowest BCUT2D eigenvalue weighted by Gasteiger charge is -2.54. The number of Topliss-reactive ketones (excluding diaryl/α,β-unsaturated/α-hetero) is 1. The number of benzene rings is 1. The smallest absolute Gasteiger partial charge is 0.148 e. The fraction of sp³-hybridized carbons (Fsp3) is 0.618. The SMILES string of the molecule is CC(=O)[C@@]1(C#CCO)CC[C@H]2[C@@H]3CCC4=CC(N=O)CCC4=C3C(c3ccc(N4CCCCC4)cc3)C[C@@]21C. The maximum atomic E-state index is 13.4. The summed E-state index contributed by atoms with van der Waals surface area (Å²) in [5, 5.41) is 13.0. The summed E-state index contributed by atoms with van der Waals surface area (Å²) in [6.07, 6.45) is 12.4. The van der Waals surface area contributed by atoms with E-state index in [1.54, 1.807) is 12.5 Å². The first-order valence-corrected chi connectivity index (χ1v) is 15.1. The Morgan fingerprint density at radius 1 is 1.10 bits per heavy atom. The minimum atomic E-state index is -0.711. The van der Waals surface area contributed by atoms with E-state index >= 15 is 0 Å². The Kier molecular flexibility index (Phi) is 7.04. The number of carbonyl (C=O) groups is 1. The first-order chi connectivity index (χ1) is 18.9. The summed E-state index contributed by atoms with van der Waals surface area (Å²) in [4.78, 5) is 27.3. The lowest BCUT2D eigenvalue weighted by atomic mass is 9.48. The number of hydrogen-bond donors (Lipinski definition) is 1. The highest BCUT2D eigenvalue weighted by molar-refractivity contribution is 5.87. The van der Waals surface area contributed by atoms with E-state index in [4.69, 9.17) is 0 Å². The van der Waals surface area contributed by atoms with Gasteiger partial charge in [0.05, 0.1) is 5.41 Å². The first-order valence-electron chi connectivity index (χ1n) is 15.1. The average Bonchev–Trinajstić information content (AvgIpc) is 3.28. The van der Waals surface area contributed by atoms with Gasteiger partial charge < -0.3 is 10.0 Å². The van der Waals surface area contributed by atoms with E-state index < -0.39 is 5.41 Å². The number of hydrogen-bond acceptors (Lipinski definition) is 5. The molecule has 2 saturated carbocycles. The van der Waals surface area contributed by atoms with Crippen LogP contribution in [0.4, 0.5) is 5.69 Å². The molecular weight excluding hydrogens is 484 g/mol. The van der Waals surface area contributed by atoms with Gasteiger partial charge in [-0.15, -0.1) is 0 Å². The highest BCUT2D eigenvalue weighted by Gasteiger charge is 2.64. The van der Waals surface area contributed by atoms with E-state index in [1.165, 1.54) is 41.7 Å². The van der Waals surface area contributed by atoms with Crippen LogP contribution < -0.4 is 4.90 Å². The summed E-state index contributed by atoms with van der Waals surface area (Å²) in [5.74, 6) is 7.44. The highest BCUT2D eigenvalue weighted by Crippen LogP contribution is 2.69. The molecule has 206 valence electrons. The first kappa shape index (κ1) is 26.5. The van der Waals surface area contributed by atoms with Crippen molar-refractivity contribution in [2.75, 3.05) is 24.6 Å². The minimum absolute atomic E-state index is 0.151. The van der Waals surface area contributed by atoms with Crippen LogP contribution in [0.25, 0.3) is 0 Å². The van der Waals surface area contributed by atoms with Crippen molar-refractivity contribution in [1.82, 2.24) is 0 Å². The van der Waals surface area contributed by atoms with Gasteiger partial charge in [0, 0.05) is 24.7 Å². The van der Waals surface area contributed by atoms with Gasteiger partial charge >= 0.3 is 0 Å². The third-order valence-corrected chi connectivity index (χ3v) is 11.2. The molecule has 1 saturated heterocycles. The van der Waals surface area contributed by atoms with Crippen molar-refractivity contribution in [3.8, 4) is 11.8 Å². The van der Waals surface area contributed by atoms with Crippen LogP contribution in [0.15, 0.2) is 52.2 Å². The summed E-state index contributed by atoms with van der Waals surface area (Å²) in [7, 11) is 0. The van der Waals surface area contributed by atoms with Crippen LogP contribution in [0.2, 0.25) is 0 Å². The number of piperidine rings is 1. The third kappa shape index (κ3) is 4.22. The van der Waals surface area contributed by atoms with Crippen LogP contribution in [-0.4, -0.2) is 36.6 Å². The molecule has 4 aliphatic carbocycles. The van der Waals surface area contributed by atoms with E-state index in [-0.39, 0.29) is 29.8 Å². The Balaban J connectivity index is 1.46. The maximum absolute atomic E-state index is 13.4. The number of rotatable bonds is 4. The Bertz CT molecular complexity index is 1260. The molecular formula is C34H42N2O3. The number of nitroso groups, excluding NO2 is 1. The summed E-state index contributed by atoms with van der Waals surface area (Å²) in [5.41, 5.74) is 6.06. The molecule has 5 nitrogen and oxygen atoms in total. The van der Waals surface area contributed by atoms with Crippen LogP contribution in [0, 0.1) is 39.4 Å². The summed E-state index contributed by atoms with van der Waals surface area (Å²) >= 11 is 0. The molecule has 0 amide bonds. The standard InChI is InChI=1S/C34H42N2O3/c1-23(38)34(16-6-20-37)17-15-31-29-13-9-25-21-26(35-39)10-14-28(25)32(29)30(22-33(31,34)2)24-7-11-27(12-8-24)36-18-4-3-5-19-36/h7-8,11-12,21,26,29-31,37H,3-5,9-10,13-15,17-20,22H2,1-2H3/t26?,29-,30?,31-,33-,34+/m0/s1.